The SMILES string of the molecule is OC(Cc1ccccc1)[C@H]1O[C@@](O)(Cl)[C@](O)(Cc2ccccc2)[C@](O)(Cc2ccccc2)[C@@]1(O)Cc1ccccc1. The van der Waals surface area contributed by atoms with E-state index in [-0.39, 0.29) is 25.7 Å². The lowest BCUT2D eigenvalue weighted by molar-refractivity contribution is -0.418. The molecule has 4 aromatic carbocycles. The van der Waals surface area contributed by atoms with Crippen molar-refractivity contribution in [3.05, 3.63) is 144 Å². The molecule has 0 saturated carbocycles. The lowest BCUT2D eigenvalue weighted by atomic mass is 9.58. The number of halogens is 1. The predicted molar refractivity (Wildman–Crippen MR) is 157 cm³/mol. The average Bonchev–Trinajstić information content (AvgIpc) is 2.97. The number of aliphatic hydroxyl groups excluding tert-OH is 1. The van der Waals surface area contributed by atoms with E-state index in [1.165, 1.54) is 0 Å². The molecule has 0 aromatic heterocycles. The third-order valence-corrected chi connectivity index (χ3v) is 8.63. The Labute approximate surface area is 245 Å². The van der Waals surface area contributed by atoms with Crippen LogP contribution in [0.4, 0.5) is 0 Å². The molecule has 214 valence electrons. The van der Waals surface area contributed by atoms with Gasteiger partial charge in [-0.2, -0.15) is 0 Å². The van der Waals surface area contributed by atoms with Crippen molar-refractivity contribution < 1.29 is 30.3 Å². The topological polar surface area (TPSA) is 110 Å². The van der Waals surface area contributed by atoms with E-state index in [4.69, 9.17) is 16.3 Å². The maximum Gasteiger partial charge on any atom is 0.279 e. The summed E-state index contributed by atoms with van der Waals surface area (Å²) in [5.74, 6) is 0. The van der Waals surface area contributed by atoms with Crippen molar-refractivity contribution in [3.8, 4) is 0 Å². The molecule has 0 bridgehead atoms. The Morgan fingerprint density at radius 3 is 1.37 bits per heavy atom. The predicted octanol–water partition coefficient (Wildman–Crippen LogP) is 3.80. The van der Waals surface area contributed by atoms with Gasteiger partial charge < -0.3 is 30.3 Å². The molecule has 0 radical (unpaired) electrons. The van der Waals surface area contributed by atoms with Crippen molar-refractivity contribution in [3.63, 3.8) is 0 Å². The molecule has 6 nitrogen and oxygen atoms in total. The summed E-state index contributed by atoms with van der Waals surface area (Å²) in [5, 5.41) is 58.5. The molecule has 1 unspecified atom stereocenters. The largest absolute Gasteiger partial charge is 0.390 e. The van der Waals surface area contributed by atoms with Crippen LogP contribution < -0.4 is 0 Å². The molecule has 1 fully saturated rings. The van der Waals surface area contributed by atoms with E-state index in [9.17, 15) is 25.5 Å². The monoisotopic (exact) mass is 574 g/mol. The number of ether oxygens (including phenoxy) is 1. The van der Waals surface area contributed by atoms with Crippen LogP contribution in [0.5, 0.6) is 0 Å². The van der Waals surface area contributed by atoms with Crippen molar-refractivity contribution in [2.45, 2.75) is 59.9 Å². The minimum absolute atomic E-state index is 0.0358. The van der Waals surface area contributed by atoms with Crippen molar-refractivity contribution in [2.75, 3.05) is 0 Å². The number of rotatable bonds is 9. The molecular weight excluding hydrogens is 540 g/mol. The summed E-state index contributed by atoms with van der Waals surface area (Å²) >= 11 is 6.65. The maximum absolute atomic E-state index is 12.9. The van der Waals surface area contributed by atoms with Crippen molar-refractivity contribution in [1.82, 2.24) is 0 Å². The lowest BCUT2D eigenvalue weighted by Crippen LogP contribution is -2.85. The number of hydrogen-bond acceptors (Lipinski definition) is 6. The highest BCUT2D eigenvalue weighted by Crippen LogP contribution is 2.55. The van der Waals surface area contributed by atoms with E-state index in [1.54, 1.807) is 78.9 Å². The molecule has 1 saturated heterocycles. The van der Waals surface area contributed by atoms with E-state index in [2.05, 4.69) is 0 Å². The lowest BCUT2D eigenvalue weighted by Gasteiger charge is -2.63. The number of hydrogen-bond donors (Lipinski definition) is 5. The minimum Gasteiger partial charge on any atom is -0.390 e. The van der Waals surface area contributed by atoms with Gasteiger partial charge in [0.2, 0.25) is 0 Å². The van der Waals surface area contributed by atoms with Crippen LogP contribution in [0.15, 0.2) is 121 Å². The van der Waals surface area contributed by atoms with Crippen LogP contribution in [0.2, 0.25) is 0 Å². The van der Waals surface area contributed by atoms with Crippen molar-refractivity contribution in [2.24, 2.45) is 0 Å². The number of alkyl halides is 1. The third-order valence-electron chi connectivity index (χ3n) is 8.22. The molecule has 5 rings (SSSR count). The quantitative estimate of drug-likeness (QED) is 0.195. The first-order chi connectivity index (χ1) is 19.6. The van der Waals surface area contributed by atoms with Gasteiger partial charge in [-0.25, -0.2) is 0 Å². The van der Waals surface area contributed by atoms with Gasteiger partial charge in [0.15, 0.2) is 5.60 Å². The van der Waals surface area contributed by atoms with Crippen LogP contribution in [0, 0.1) is 0 Å². The van der Waals surface area contributed by atoms with Crippen LogP contribution in [0.1, 0.15) is 22.3 Å². The summed E-state index contributed by atoms with van der Waals surface area (Å²) in [4.78, 5) is 0. The summed E-state index contributed by atoms with van der Waals surface area (Å²) in [6.07, 6.45) is -3.84. The Morgan fingerprint density at radius 2 is 0.927 bits per heavy atom. The summed E-state index contributed by atoms with van der Waals surface area (Å²) in [6, 6.07) is 35.7. The van der Waals surface area contributed by atoms with Gasteiger partial charge in [-0.15, -0.1) is 0 Å². The zero-order chi connectivity index (χ0) is 29.1. The van der Waals surface area contributed by atoms with Crippen molar-refractivity contribution in [1.29, 1.82) is 0 Å². The fourth-order valence-electron chi connectivity index (χ4n) is 6.06. The first kappa shape index (κ1) is 29.4. The van der Waals surface area contributed by atoms with Crippen molar-refractivity contribution >= 4 is 11.6 Å². The zero-order valence-corrected chi connectivity index (χ0v) is 23.3. The van der Waals surface area contributed by atoms with Gasteiger partial charge in [-0.3, -0.25) is 0 Å². The van der Waals surface area contributed by atoms with E-state index in [1.807, 2.05) is 42.5 Å². The average molecular weight is 575 g/mol. The highest BCUT2D eigenvalue weighted by molar-refractivity contribution is 6.22. The number of benzene rings is 4. The van der Waals surface area contributed by atoms with E-state index in [0.29, 0.717) is 16.7 Å². The fraction of sp³-hybridized carbons (Fsp3) is 0.294. The van der Waals surface area contributed by atoms with Gasteiger partial charge in [0.1, 0.15) is 17.3 Å². The molecule has 4 aromatic rings. The van der Waals surface area contributed by atoms with Crippen LogP contribution in [-0.2, 0) is 30.4 Å². The second-order valence-electron chi connectivity index (χ2n) is 11.0. The normalized spacial score (nSPS) is 30.5. The Hall–Kier alpha value is -3.07. The molecular formula is C34H35ClO6. The molecule has 7 heteroatoms. The van der Waals surface area contributed by atoms with Crippen LogP contribution >= 0.6 is 11.6 Å². The van der Waals surface area contributed by atoms with Gasteiger partial charge >= 0.3 is 0 Å². The Morgan fingerprint density at radius 1 is 0.561 bits per heavy atom. The van der Waals surface area contributed by atoms with E-state index in [0.717, 1.165) is 5.56 Å². The van der Waals surface area contributed by atoms with Crippen LogP contribution in [0.25, 0.3) is 0 Å². The minimum atomic E-state index is -2.89. The van der Waals surface area contributed by atoms with Gasteiger partial charge in [-0.1, -0.05) is 133 Å². The van der Waals surface area contributed by atoms with E-state index < -0.39 is 34.3 Å². The summed E-state index contributed by atoms with van der Waals surface area (Å²) in [7, 11) is 0. The summed E-state index contributed by atoms with van der Waals surface area (Å²) < 4.78 is 5.93. The highest BCUT2D eigenvalue weighted by Gasteiger charge is 2.77. The number of aliphatic hydroxyl groups is 5. The zero-order valence-electron chi connectivity index (χ0n) is 22.6. The maximum atomic E-state index is 12.9. The molecule has 0 amide bonds. The Bertz CT molecular complexity index is 1400. The molecule has 0 aliphatic carbocycles. The molecule has 1 aliphatic rings. The fourth-order valence-corrected chi connectivity index (χ4v) is 6.38. The van der Waals surface area contributed by atoms with Gasteiger partial charge in [0.05, 0.1) is 6.10 Å². The first-order valence-corrected chi connectivity index (χ1v) is 14.1. The van der Waals surface area contributed by atoms with Gasteiger partial charge in [0.25, 0.3) is 5.25 Å². The standard InChI is InChI=1S/C34H35ClO6/c35-34(40)33(39,24-28-19-11-4-12-20-28)32(38,23-27-17-9-3-10-18-27)31(37,22-26-15-7-2-8-16-26)30(41-34)29(36)21-25-13-5-1-6-14-25/h1-20,29-30,36-40H,21-24H2/t29?,30-,31-,32+,33+,34-/m1/s1. The summed E-state index contributed by atoms with van der Waals surface area (Å²) in [6.45, 7) is 0. The third kappa shape index (κ3) is 5.57. The summed E-state index contributed by atoms with van der Waals surface area (Å²) in [5.41, 5.74) is -4.98. The Kier molecular flexibility index (Phi) is 8.37. The molecule has 5 N–H and O–H groups in total. The smallest absolute Gasteiger partial charge is 0.279 e. The second-order valence-corrected chi connectivity index (χ2v) is 11.5. The highest BCUT2D eigenvalue weighted by atomic mass is 35.5. The van der Waals surface area contributed by atoms with Gasteiger partial charge in [0, 0.05) is 25.7 Å². The van der Waals surface area contributed by atoms with E-state index >= 15 is 0 Å². The van der Waals surface area contributed by atoms with Gasteiger partial charge in [-0.05, 0) is 22.3 Å². The Balaban J connectivity index is 1.69. The molecule has 1 heterocycles. The molecule has 1 aliphatic heterocycles. The van der Waals surface area contributed by atoms with Crippen LogP contribution in [0.3, 0.4) is 0 Å². The molecule has 6 atom stereocenters. The second kappa shape index (κ2) is 11.7. The first-order valence-electron chi connectivity index (χ1n) is 13.7. The molecule has 0 spiro atoms. The van der Waals surface area contributed by atoms with Crippen LogP contribution in [-0.4, -0.2) is 59.8 Å². The molecule has 41 heavy (non-hydrogen) atoms.